The van der Waals surface area contributed by atoms with E-state index in [0.717, 1.165) is 19.0 Å². The maximum atomic E-state index is 10.4. The van der Waals surface area contributed by atoms with Crippen LogP contribution in [0.5, 0.6) is 0 Å². The van der Waals surface area contributed by atoms with Crippen LogP contribution < -0.4 is 0 Å². The molecule has 0 atom stereocenters. The van der Waals surface area contributed by atoms with Gasteiger partial charge in [-0.15, -0.1) is 0 Å². The number of halogens is 3. The van der Waals surface area contributed by atoms with Crippen molar-refractivity contribution in [1.82, 2.24) is 0 Å². The van der Waals surface area contributed by atoms with Gasteiger partial charge in [-0.2, -0.15) is 0 Å². The Morgan fingerprint density at radius 3 is 2.50 bits per heavy atom. The van der Waals surface area contributed by atoms with Crippen LogP contribution in [0.25, 0.3) is 0 Å². The SMILES string of the molecule is O=C(O)CCc1cc(Br)cc(Br)c1Br. The molecule has 0 aromatic heterocycles. The average Bonchev–Trinajstić information content (AvgIpc) is 2.08. The van der Waals surface area contributed by atoms with E-state index >= 15 is 0 Å². The molecule has 2 nitrogen and oxygen atoms in total. The van der Waals surface area contributed by atoms with Crippen LogP contribution in [0.3, 0.4) is 0 Å². The van der Waals surface area contributed by atoms with Gasteiger partial charge in [0.1, 0.15) is 0 Å². The molecule has 0 amide bonds. The normalized spacial score (nSPS) is 10.2. The Hall–Kier alpha value is 0.130. The molecule has 0 unspecified atom stereocenters. The van der Waals surface area contributed by atoms with Crippen molar-refractivity contribution in [2.45, 2.75) is 12.8 Å². The molecule has 1 N–H and O–H groups in total. The van der Waals surface area contributed by atoms with Gasteiger partial charge in [-0.05, 0) is 56.0 Å². The molecule has 0 radical (unpaired) electrons. The molecular weight excluding hydrogens is 380 g/mol. The highest BCUT2D eigenvalue weighted by Gasteiger charge is 2.07. The van der Waals surface area contributed by atoms with Crippen molar-refractivity contribution in [3.8, 4) is 0 Å². The van der Waals surface area contributed by atoms with Crippen molar-refractivity contribution in [2.75, 3.05) is 0 Å². The number of carboxylic acid groups (broad SMARTS) is 1. The molecule has 0 aliphatic rings. The second kappa shape index (κ2) is 5.28. The first kappa shape index (κ1) is 12.2. The maximum Gasteiger partial charge on any atom is 0.303 e. The smallest absolute Gasteiger partial charge is 0.303 e. The number of hydrogen-bond acceptors (Lipinski definition) is 1. The number of benzene rings is 1. The van der Waals surface area contributed by atoms with Gasteiger partial charge in [0.25, 0.3) is 0 Å². The molecule has 76 valence electrons. The summed E-state index contributed by atoms with van der Waals surface area (Å²) < 4.78 is 2.78. The van der Waals surface area contributed by atoms with Crippen LogP contribution in [-0.4, -0.2) is 11.1 Å². The molecule has 0 spiro atoms. The summed E-state index contributed by atoms with van der Waals surface area (Å²) >= 11 is 10.1. The van der Waals surface area contributed by atoms with Gasteiger partial charge < -0.3 is 5.11 Å². The van der Waals surface area contributed by atoms with Gasteiger partial charge in [-0.25, -0.2) is 0 Å². The van der Waals surface area contributed by atoms with Crippen LogP contribution in [0, 0.1) is 0 Å². The fourth-order valence-corrected chi connectivity index (χ4v) is 2.77. The summed E-state index contributed by atoms with van der Waals surface area (Å²) in [6, 6.07) is 3.83. The third kappa shape index (κ3) is 3.37. The van der Waals surface area contributed by atoms with Crippen LogP contribution in [0.2, 0.25) is 0 Å². The first-order valence-electron chi connectivity index (χ1n) is 3.86. The van der Waals surface area contributed by atoms with Crippen LogP contribution in [0.15, 0.2) is 25.6 Å². The minimum Gasteiger partial charge on any atom is -0.481 e. The van der Waals surface area contributed by atoms with Crippen LogP contribution >= 0.6 is 47.8 Å². The number of aliphatic carboxylic acids is 1. The number of carbonyl (C=O) groups is 1. The van der Waals surface area contributed by atoms with Crippen molar-refractivity contribution in [1.29, 1.82) is 0 Å². The Morgan fingerprint density at radius 2 is 1.93 bits per heavy atom. The van der Waals surface area contributed by atoms with E-state index < -0.39 is 5.97 Å². The number of carboxylic acids is 1. The van der Waals surface area contributed by atoms with Crippen molar-refractivity contribution in [3.63, 3.8) is 0 Å². The topological polar surface area (TPSA) is 37.3 Å². The zero-order chi connectivity index (χ0) is 10.7. The highest BCUT2D eigenvalue weighted by Crippen LogP contribution is 2.31. The highest BCUT2D eigenvalue weighted by molar-refractivity contribution is 9.13. The number of rotatable bonds is 3. The van der Waals surface area contributed by atoms with Crippen molar-refractivity contribution < 1.29 is 9.90 Å². The van der Waals surface area contributed by atoms with Crippen LogP contribution in [0.1, 0.15) is 12.0 Å². The second-order valence-corrected chi connectivity index (χ2v) is 5.32. The fourth-order valence-electron chi connectivity index (χ4n) is 1.03. The van der Waals surface area contributed by atoms with Gasteiger partial charge >= 0.3 is 5.97 Å². The van der Waals surface area contributed by atoms with Crippen molar-refractivity contribution >= 4 is 53.8 Å². The molecule has 1 aromatic carbocycles. The first-order chi connectivity index (χ1) is 6.50. The van der Waals surface area contributed by atoms with Gasteiger partial charge in [-0.3, -0.25) is 4.79 Å². The Labute approximate surface area is 107 Å². The van der Waals surface area contributed by atoms with Crippen molar-refractivity contribution in [2.24, 2.45) is 0 Å². The summed E-state index contributed by atoms with van der Waals surface area (Å²) in [6.07, 6.45) is 0.662. The summed E-state index contributed by atoms with van der Waals surface area (Å²) in [6.45, 7) is 0. The van der Waals surface area contributed by atoms with E-state index in [0.29, 0.717) is 6.42 Å². The van der Waals surface area contributed by atoms with Crippen LogP contribution in [-0.2, 0) is 11.2 Å². The van der Waals surface area contributed by atoms with Gasteiger partial charge in [0.15, 0.2) is 0 Å². The quantitative estimate of drug-likeness (QED) is 0.797. The number of aryl methyl sites for hydroxylation is 1. The predicted octanol–water partition coefficient (Wildman–Crippen LogP) is 3.99. The molecular formula is C9H7Br3O2. The van der Waals surface area contributed by atoms with E-state index in [4.69, 9.17) is 5.11 Å². The summed E-state index contributed by atoms with van der Waals surface area (Å²) in [4.78, 5) is 10.4. The largest absolute Gasteiger partial charge is 0.481 e. The Kier molecular flexibility index (Phi) is 4.60. The van der Waals surface area contributed by atoms with E-state index in [-0.39, 0.29) is 6.42 Å². The lowest BCUT2D eigenvalue weighted by Crippen LogP contribution is -1.98. The van der Waals surface area contributed by atoms with E-state index in [1.165, 1.54) is 0 Å². The lowest BCUT2D eigenvalue weighted by Gasteiger charge is -2.05. The third-order valence-electron chi connectivity index (χ3n) is 1.68. The molecule has 0 aliphatic heterocycles. The molecule has 0 bridgehead atoms. The Morgan fingerprint density at radius 1 is 1.29 bits per heavy atom. The predicted molar refractivity (Wildman–Crippen MR) is 65.5 cm³/mol. The second-order valence-electron chi connectivity index (χ2n) is 2.75. The third-order valence-corrected chi connectivity index (χ3v) is 4.23. The molecule has 14 heavy (non-hydrogen) atoms. The molecule has 0 saturated carbocycles. The lowest BCUT2D eigenvalue weighted by atomic mass is 10.1. The van der Waals surface area contributed by atoms with Gasteiger partial charge in [-0.1, -0.05) is 15.9 Å². The van der Waals surface area contributed by atoms with E-state index in [2.05, 4.69) is 47.8 Å². The summed E-state index contributed by atoms with van der Waals surface area (Å²) in [5.74, 6) is -0.784. The molecule has 5 heteroatoms. The zero-order valence-corrected chi connectivity index (χ0v) is 11.8. The molecule has 0 fully saturated rings. The monoisotopic (exact) mass is 384 g/mol. The van der Waals surface area contributed by atoms with Crippen molar-refractivity contribution in [3.05, 3.63) is 31.1 Å². The Balaban J connectivity index is 2.90. The number of hydrogen-bond donors (Lipinski definition) is 1. The molecule has 0 saturated heterocycles. The standard InChI is InChI=1S/C9H7Br3O2/c10-6-3-5(1-2-8(13)14)9(12)7(11)4-6/h3-4H,1-2H2,(H,13,14). The Bertz CT molecular complexity index is 363. The summed E-state index contributed by atoms with van der Waals surface area (Å²) in [5.41, 5.74) is 0.980. The van der Waals surface area contributed by atoms with Gasteiger partial charge in [0.05, 0.1) is 0 Å². The van der Waals surface area contributed by atoms with E-state index in [9.17, 15) is 4.79 Å². The van der Waals surface area contributed by atoms with E-state index in [1.54, 1.807) is 0 Å². The summed E-state index contributed by atoms with van der Waals surface area (Å²) in [5, 5.41) is 8.57. The zero-order valence-electron chi connectivity index (χ0n) is 7.06. The molecule has 0 heterocycles. The van der Waals surface area contributed by atoms with Gasteiger partial charge in [0.2, 0.25) is 0 Å². The molecule has 1 rings (SSSR count). The summed E-state index contributed by atoms with van der Waals surface area (Å²) in [7, 11) is 0. The highest BCUT2D eigenvalue weighted by atomic mass is 79.9. The van der Waals surface area contributed by atoms with Gasteiger partial charge in [0, 0.05) is 19.8 Å². The average molecular weight is 387 g/mol. The minimum atomic E-state index is -0.784. The maximum absolute atomic E-state index is 10.4. The lowest BCUT2D eigenvalue weighted by molar-refractivity contribution is -0.136. The van der Waals surface area contributed by atoms with Crippen LogP contribution in [0.4, 0.5) is 0 Å². The molecule has 1 aromatic rings. The van der Waals surface area contributed by atoms with E-state index in [1.807, 2.05) is 12.1 Å². The first-order valence-corrected chi connectivity index (χ1v) is 6.24. The fraction of sp³-hybridized carbons (Fsp3) is 0.222. The molecule has 0 aliphatic carbocycles. The minimum absolute atomic E-state index is 0.140.